The van der Waals surface area contributed by atoms with Gasteiger partial charge in [-0.1, -0.05) is 30.3 Å². The number of carboxylic acids is 1. The van der Waals surface area contributed by atoms with E-state index in [9.17, 15) is 19.7 Å². The molecule has 1 heterocycles. The van der Waals surface area contributed by atoms with E-state index in [0.29, 0.717) is 18.7 Å². The van der Waals surface area contributed by atoms with Crippen molar-refractivity contribution in [3.05, 3.63) is 64.2 Å². The summed E-state index contributed by atoms with van der Waals surface area (Å²) in [6, 6.07) is 10.3. The number of fused-ring (bicyclic) bond motifs is 1. The zero-order valence-electron chi connectivity index (χ0n) is 15.2. The van der Waals surface area contributed by atoms with Crippen molar-refractivity contribution in [1.29, 1.82) is 0 Å². The van der Waals surface area contributed by atoms with E-state index in [1.807, 2.05) is 18.2 Å². The van der Waals surface area contributed by atoms with Crippen LogP contribution in [0.2, 0.25) is 0 Å². The first-order chi connectivity index (χ1) is 13.4. The van der Waals surface area contributed by atoms with Crippen LogP contribution < -0.4 is 21.4 Å². The summed E-state index contributed by atoms with van der Waals surface area (Å²) >= 11 is 0. The summed E-state index contributed by atoms with van der Waals surface area (Å²) in [4.78, 5) is 23.8. The van der Waals surface area contributed by atoms with Gasteiger partial charge in [-0.05, 0) is 34.7 Å². The van der Waals surface area contributed by atoms with Crippen LogP contribution >= 0.6 is 0 Å². The Morgan fingerprint density at radius 1 is 1.14 bits per heavy atom. The van der Waals surface area contributed by atoms with Crippen LogP contribution in [0.3, 0.4) is 0 Å². The van der Waals surface area contributed by atoms with E-state index in [1.165, 1.54) is 6.07 Å². The summed E-state index contributed by atoms with van der Waals surface area (Å²) in [5, 5.41) is 22.2. The molecule has 1 atom stereocenters. The number of carboxylic acid groups (broad SMARTS) is 1. The molecule has 146 valence electrons. The Morgan fingerprint density at radius 2 is 1.79 bits per heavy atom. The molecule has 0 bridgehead atoms. The highest BCUT2D eigenvalue weighted by molar-refractivity contribution is 6.47. The van der Waals surface area contributed by atoms with E-state index in [0.717, 1.165) is 16.7 Å². The molecule has 0 saturated carbocycles. The zero-order chi connectivity index (χ0) is 20.3. The number of amides is 1. The summed E-state index contributed by atoms with van der Waals surface area (Å²) in [5.41, 5.74) is 14.5. The lowest BCUT2D eigenvalue weighted by Gasteiger charge is -2.29. The smallest absolute Gasteiger partial charge is 0.534 e. The van der Waals surface area contributed by atoms with Crippen molar-refractivity contribution >= 4 is 19.0 Å². The van der Waals surface area contributed by atoms with Gasteiger partial charge in [-0.3, -0.25) is 4.79 Å². The van der Waals surface area contributed by atoms with Gasteiger partial charge in [-0.2, -0.15) is 0 Å². The zero-order valence-corrected chi connectivity index (χ0v) is 15.2. The van der Waals surface area contributed by atoms with Crippen LogP contribution in [0.15, 0.2) is 36.4 Å². The first kappa shape index (κ1) is 19.9. The quantitative estimate of drug-likeness (QED) is 0.441. The molecule has 1 amide bonds. The highest BCUT2D eigenvalue weighted by atomic mass is 16.5. The van der Waals surface area contributed by atoms with Gasteiger partial charge in [0.25, 0.3) is 0 Å². The van der Waals surface area contributed by atoms with Crippen LogP contribution in [0.25, 0.3) is 0 Å². The normalized spacial score (nSPS) is 15.5. The minimum atomic E-state index is -1.34. The van der Waals surface area contributed by atoms with Gasteiger partial charge in [0.15, 0.2) is 0 Å². The molecule has 7 N–H and O–H groups in total. The van der Waals surface area contributed by atoms with Gasteiger partial charge in [0, 0.05) is 13.1 Å². The molecule has 1 aliphatic heterocycles. The number of hydrogen-bond acceptors (Lipinski definition) is 6. The van der Waals surface area contributed by atoms with E-state index in [1.54, 1.807) is 12.1 Å². The van der Waals surface area contributed by atoms with Crippen molar-refractivity contribution in [3.8, 4) is 5.75 Å². The van der Waals surface area contributed by atoms with Crippen LogP contribution in [-0.2, 0) is 30.7 Å². The highest BCUT2D eigenvalue weighted by Gasteiger charge is 2.37. The number of carbonyl (C=O) groups excluding carboxylic acids is 1. The summed E-state index contributed by atoms with van der Waals surface area (Å²) in [6.07, 6.45) is 0.367. The largest absolute Gasteiger partial charge is 0.547 e. The summed E-state index contributed by atoms with van der Waals surface area (Å²) in [7, 11) is -1.34. The van der Waals surface area contributed by atoms with E-state index < -0.39 is 19.0 Å². The Morgan fingerprint density at radius 3 is 2.39 bits per heavy atom. The Balaban J connectivity index is 1.71. The molecule has 2 aromatic carbocycles. The average molecular weight is 383 g/mol. The maximum atomic E-state index is 12.5. The van der Waals surface area contributed by atoms with Gasteiger partial charge in [0.2, 0.25) is 5.91 Å². The molecule has 0 spiro atoms. The molecule has 28 heavy (non-hydrogen) atoms. The second-order valence-electron chi connectivity index (χ2n) is 6.73. The number of carbonyl (C=O) groups is 2. The van der Waals surface area contributed by atoms with Crippen molar-refractivity contribution in [2.75, 3.05) is 0 Å². The van der Waals surface area contributed by atoms with Gasteiger partial charge in [0.1, 0.15) is 5.75 Å². The van der Waals surface area contributed by atoms with E-state index in [2.05, 4.69) is 5.32 Å². The van der Waals surface area contributed by atoms with Crippen molar-refractivity contribution in [2.24, 2.45) is 11.5 Å². The van der Waals surface area contributed by atoms with E-state index in [-0.39, 0.29) is 30.1 Å². The monoisotopic (exact) mass is 383 g/mol. The van der Waals surface area contributed by atoms with Crippen molar-refractivity contribution < 1.29 is 24.4 Å². The third-order valence-corrected chi connectivity index (χ3v) is 4.64. The fourth-order valence-corrected chi connectivity index (χ4v) is 3.34. The fraction of sp³-hybridized carbons (Fsp3) is 0.263. The van der Waals surface area contributed by atoms with Crippen LogP contribution in [0.4, 0.5) is 0 Å². The maximum absolute atomic E-state index is 12.5. The van der Waals surface area contributed by atoms with Gasteiger partial charge in [-0.25, -0.2) is 4.79 Å². The fourth-order valence-electron chi connectivity index (χ4n) is 3.34. The standard InChI is InChI=1S/C19H22BN3O5/c21-9-12-4-11(5-13(6-12)10-22)7-17(24)23-16-8-14-2-1-3-15(19(25)26)18(14)28-20(16)27/h1-6,16,27H,7-10,21-22H2,(H,23,24)(H,25,26). The number of aromatic carboxylic acids is 1. The predicted molar refractivity (Wildman–Crippen MR) is 104 cm³/mol. The topological polar surface area (TPSA) is 148 Å². The molecular formula is C19H22BN3O5. The molecule has 8 nitrogen and oxygen atoms in total. The van der Waals surface area contributed by atoms with Crippen LogP contribution in [0.1, 0.15) is 32.6 Å². The number of nitrogens with two attached hydrogens (primary N) is 2. The maximum Gasteiger partial charge on any atom is 0.547 e. The molecule has 1 unspecified atom stereocenters. The Kier molecular flexibility index (Phi) is 5.98. The molecule has 0 aliphatic carbocycles. The number of nitrogens with one attached hydrogen (secondary N) is 1. The van der Waals surface area contributed by atoms with Crippen molar-refractivity contribution in [2.45, 2.75) is 31.9 Å². The molecule has 2 aromatic rings. The second kappa shape index (κ2) is 8.43. The Hall–Kier alpha value is -2.88. The third kappa shape index (κ3) is 4.33. The number of hydrogen-bond donors (Lipinski definition) is 5. The molecule has 3 rings (SSSR count). The van der Waals surface area contributed by atoms with Crippen LogP contribution in [0, 0.1) is 0 Å². The Labute approximate surface area is 162 Å². The molecular weight excluding hydrogens is 361 g/mol. The summed E-state index contributed by atoms with van der Waals surface area (Å²) < 4.78 is 5.39. The third-order valence-electron chi connectivity index (χ3n) is 4.64. The molecule has 0 aromatic heterocycles. The minimum absolute atomic E-state index is 0.0192. The van der Waals surface area contributed by atoms with Crippen molar-refractivity contribution in [3.63, 3.8) is 0 Å². The summed E-state index contributed by atoms with van der Waals surface area (Å²) in [6.45, 7) is 0.695. The number of para-hydroxylation sites is 1. The lowest BCUT2D eigenvalue weighted by molar-refractivity contribution is -0.120. The first-order valence-electron chi connectivity index (χ1n) is 8.92. The van der Waals surface area contributed by atoms with Crippen molar-refractivity contribution in [1.82, 2.24) is 5.32 Å². The van der Waals surface area contributed by atoms with Crippen LogP contribution in [-0.4, -0.2) is 35.1 Å². The summed E-state index contributed by atoms with van der Waals surface area (Å²) in [5.74, 6) is -1.98. The molecule has 0 saturated heterocycles. The lowest BCUT2D eigenvalue weighted by atomic mass is 9.72. The predicted octanol–water partition coefficient (Wildman–Crippen LogP) is -0.0157. The molecule has 0 fully saturated rings. The average Bonchev–Trinajstić information content (AvgIpc) is 2.67. The molecule has 9 heteroatoms. The van der Waals surface area contributed by atoms with Crippen LogP contribution in [0.5, 0.6) is 5.75 Å². The first-order valence-corrected chi connectivity index (χ1v) is 8.92. The highest BCUT2D eigenvalue weighted by Crippen LogP contribution is 2.30. The van der Waals surface area contributed by atoms with Gasteiger partial charge >= 0.3 is 13.1 Å². The van der Waals surface area contributed by atoms with Gasteiger partial charge in [-0.15, -0.1) is 0 Å². The second-order valence-corrected chi connectivity index (χ2v) is 6.73. The number of rotatable bonds is 6. The van der Waals surface area contributed by atoms with Gasteiger partial charge < -0.3 is 31.6 Å². The SMILES string of the molecule is NCc1cc(CN)cc(CC(=O)NC2Cc3cccc(C(=O)O)c3OB2O)c1. The van der Waals surface area contributed by atoms with Gasteiger partial charge in [0.05, 0.1) is 17.9 Å². The van der Waals surface area contributed by atoms with E-state index >= 15 is 0 Å². The lowest BCUT2D eigenvalue weighted by Crippen LogP contribution is -2.53. The molecule has 0 radical (unpaired) electrons. The number of benzene rings is 2. The minimum Gasteiger partial charge on any atom is -0.534 e. The van der Waals surface area contributed by atoms with E-state index in [4.69, 9.17) is 16.1 Å². The molecule has 1 aliphatic rings. The Bertz CT molecular complexity index is 883.